The predicted octanol–water partition coefficient (Wildman–Crippen LogP) is 3.36. The van der Waals surface area contributed by atoms with Crippen LogP contribution in [0.3, 0.4) is 0 Å². The first-order valence-corrected chi connectivity index (χ1v) is 8.39. The van der Waals surface area contributed by atoms with Crippen LogP contribution in [-0.4, -0.2) is 37.2 Å². The molecule has 0 heterocycles. The summed E-state index contributed by atoms with van der Waals surface area (Å²) in [5.41, 5.74) is 1.02. The number of hydrogen-bond donors (Lipinski definition) is 0. The second-order valence-corrected chi connectivity index (χ2v) is 5.23. The molecule has 1 unspecified atom stereocenters. The minimum absolute atomic E-state index is 0.308. The van der Waals surface area contributed by atoms with Gasteiger partial charge in [0.25, 0.3) is 0 Å². The van der Waals surface area contributed by atoms with E-state index in [0.29, 0.717) is 26.2 Å². The second-order valence-electron chi connectivity index (χ2n) is 4.44. The van der Waals surface area contributed by atoms with Crippen LogP contribution in [0.1, 0.15) is 25.8 Å². The minimum atomic E-state index is -0.546. The molecule has 0 N–H and O–H groups in total. The molecule has 0 radical (unpaired) electrons. The first kappa shape index (κ1) is 18.0. The largest absolute Gasteiger partial charge is 0.494 e. The van der Waals surface area contributed by atoms with Crippen molar-refractivity contribution < 1.29 is 19.0 Å². The number of rotatable bonds is 10. The van der Waals surface area contributed by atoms with E-state index < -0.39 is 6.10 Å². The van der Waals surface area contributed by atoms with Gasteiger partial charge in [-0.1, -0.05) is 28.1 Å². The smallest absolute Gasteiger partial charge is 0.335 e. The van der Waals surface area contributed by atoms with Crippen molar-refractivity contribution in [2.24, 2.45) is 0 Å². The van der Waals surface area contributed by atoms with Gasteiger partial charge in [-0.05, 0) is 38.0 Å². The van der Waals surface area contributed by atoms with Crippen LogP contribution in [0.15, 0.2) is 24.3 Å². The molecule has 0 saturated heterocycles. The zero-order valence-corrected chi connectivity index (χ0v) is 14.2. The van der Waals surface area contributed by atoms with Crippen LogP contribution in [0.25, 0.3) is 0 Å². The van der Waals surface area contributed by atoms with Crippen molar-refractivity contribution in [2.75, 3.05) is 25.2 Å². The third-order valence-corrected chi connectivity index (χ3v) is 3.37. The molecule has 0 amide bonds. The van der Waals surface area contributed by atoms with Crippen LogP contribution in [0, 0.1) is 0 Å². The number of ether oxygens (including phenoxy) is 3. The lowest BCUT2D eigenvalue weighted by Crippen LogP contribution is -2.28. The summed E-state index contributed by atoms with van der Waals surface area (Å²) in [5, 5.41) is 0.931. The SMILES string of the molecule is CCOC(=O)C(Cc1ccc(OCCCBr)cc1)OCC. The molecule has 4 nitrogen and oxygen atoms in total. The Hall–Kier alpha value is -1.07. The van der Waals surface area contributed by atoms with Crippen molar-refractivity contribution in [3.05, 3.63) is 29.8 Å². The normalized spacial score (nSPS) is 12.0. The summed E-state index contributed by atoms with van der Waals surface area (Å²) < 4.78 is 16.1. The van der Waals surface area contributed by atoms with Gasteiger partial charge in [-0.25, -0.2) is 4.79 Å². The Morgan fingerprint density at radius 1 is 1.19 bits per heavy atom. The number of alkyl halides is 1. The second kappa shape index (κ2) is 10.6. The van der Waals surface area contributed by atoms with Gasteiger partial charge in [0, 0.05) is 18.4 Å². The van der Waals surface area contributed by atoms with E-state index in [9.17, 15) is 4.79 Å². The zero-order valence-electron chi connectivity index (χ0n) is 12.6. The summed E-state index contributed by atoms with van der Waals surface area (Å²) in [6.07, 6.45) is 0.931. The predicted molar refractivity (Wildman–Crippen MR) is 86.1 cm³/mol. The Morgan fingerprint density at radius 2 is 1.90 bits per heavy atom. The highest BCUT2D eigenvalue weighted by Gasteiger charge is 2.20. The van der Waals surface area contributed by atoms with Gasteiger partial charge in [0.2, 0.25) is 0 Å². The number of benzene rings is 1. The first-order valence-electron chi connectivity index (χ1n) is 7.27. The average molecular weight is 359 g/mol. The van der Waals surface area contributed by atoms with Gasteiger partial charge < -0.3 is 14.2 Å². The molecular weight excluding hydrogens is 336 g/mol. The number of hydrogen-bond acceptors (Lipinski definition) is 4. The Balaban J connectivity index is 2.56. The van der Waals surface area contributed by atoms with Crippen molar-refractivity contribution in [3.8, 4) is 5.75 Å². The molecular formula is C16H23BrO4. The van der Waals surface area contributed by atoms with Gasteiger partial charge in [-0.3, -0.25) is 0 Å². The molecule has 0 spiro atoms. The Labute approximate surface area is 134 Å². The van der Waals surface area contributed by atoms with E-state index in [2.05, 4.69) is 15.9 Å². The van der Waals surface area contributed by atoms with Gasteiger partial charge in [0.15, 0.2) is 6.10 Å². The molecule has 118 valence electrons. The molecule has 1 aromatic carbocycles. The van der Waals surface area contributed by atoms with Crippen molar-refractivity contribution in [1.82, 2.24) is 0 Å². The molecule has 1 aromatic rings. The Kier molecular flexibility index (Phi) is 9.10. The molecule has 0 aromatic heterocycles. The lowest BCUT2D eigenvalue weighted by Gasteiger charge is -2.15. The maximum atomic E-state index is 11.8. The monoisotopic (exact) mass is 358 g/mol. The van der Waals surface area contributed by atoms with Crippen molar-refractivity contribution >= 4 is 21.9 Å². The number of carbonyl (C=O) groups is 1. The lowest BCUT2D eigenvalue weighted by molar-refractivity contribution is -0.156. The van der Waals surface area contributed by atoms with Gasteiger partial charge in [-0.2, -0.15) is 0 Å². The highest BCUT2D eigenvalue weighted by Crippen LogP contribution is 2.15. The van der Waals surface area contributed by atoms with E-state index in [1.165, 1.54) is 0 Å². The molecule has 0 bridgehead atoms. The number of carbonyl (C=O) groups excluding carboxylic acids is 1. The minimum Gasteiger partial charge on any atom is -0.494 e. The lowest BCUT2D eigenvalue weighted by atomic mass is 10.1. The number of halogens is 1. The first-order chi connectivity index (χ1) is 10.2. The standard InChI is InChI=1S/C16H23BrO4/c1-3-19-15(16(18)20-4-2)12-13-6-8-14(9-7-13)21-11-5-10-17/h6-9,15H,3-5,10-12H2,1-2H3. The summed E-state index contributed by atoms with van der Waals surface area (Å²) in [6, 6.07) is 7.73. The van der Waals surface area contributed by atoms with Crippen molar-refractivity contribution in [3.63, 3.8) is 0 Å². The van der Waals surface area contributed by atoms with Crippen LogP contribution in [0.4, 0.5) is 0 Å². The highest BCUT2D eigenvalue weighted by atomic mass is 79.9. The van der Waals surface area contributed by atoms with E-state index in [1.54, 1.807) is 6.92 Å². The summed E-state index contributed by atoms with van der Waals surface area (Å²) in [4.78, 5) is 11.8. The number of esters is 1. The fourth-order valence-electron chi connectivity index (χ4n) is 1.83. The van der Waals surface area contributed by atoms with E-state index in [-0.39, 0.29) is 5.97 Å². The third kappa shape index (κ3) is 6.96. The van der Waals surface area contributed by atoms with Crippen molar-refractivity contribution in [2.45, 2.75) is 32.8 Å². The maximum Gasteiger partial charge on any atom is 0.335 e. The van der Waals surface area contributed by atoms with E-state index in [4.69, 9.17) is 14.2 Å². The average Bonchev–Trinajstić information content (AvgIpc) is 2.49. The van der Waals surface area contributed by atoms with E-state index in [1.807, 2.05) is 31.2 Å². The van der Waals surface area contributed by atoms with Gasteiger partial charge >= 0.3 is 5.97 Å². The summed E-state index contributed by atoms with van der Waals surface area (Å²) >= 11 is 3.36. The zero-order chi connectivity index (χ0) is 15.5. The molecule has 0 aliphatic carbocycles. The molecule has 0 aliphatic rings. The highest BCUT2D eigenvalue weighted by molar-refractivity contribution is 9.09. The summed E-state index contributed by atoms with van der Waals surface area (Å²) in [5.74, 6) is 0.529. The molecule has 5 heteroatoms. The van der Waals surface area contributed by atoms with Crippen LogP contribution in [0.2, 0.25) is 0 Å². The Bertz CT molecular complexity index is 405. The van der Waals surface area contributed by atoms with E-state index >= 15 is 0 Å². The van der Waals surface area contributed by atoms with E-state index in [0.717, 1.165) is 23.1 Å². The molecule has 0 aliphatic heterocycles. The van der Waals surface area contributed by atoms with Crippen LogP contribution >= 0.6 is 15.9 Å². The van der Waals surface area contributed by atoms with Crippen LogP contribution in [0.5, 0.6) is 5.75 Å². The Morgan fingerprint density at radius 3 is 2.48 bits per heavy atom. The fourth-order valence-corrected chi connectivity index (χ4v) is 2.06. The third-order valence-electron chi connectivity index (χ3n) is 2.81. The summed E-state index contributed by atoms with van der Waals surface area (Å²) in [7, 11) is 0. The van der Waals surface area contributed by atoms with Gasteiger partial charge in [-0.15, -0.1) is 0 Å². The maximum absolute atomic E-state index is 11.8. The molecule has 0 saturated carbocycles. The molecule has 0 fully saturated rings. The fraction of sp³-hybridized carbons (Fsp3) is 0.562. The molecule has 1 atom stereocenters. The molecule has 21 heavy (non-hydrogen) atoms. The van der Waals surface area contributed by atoms with Gasteiger partial charge in [0.1, 0.15) is 5.75 Å². The molecule has 1 rings (SSSR count). The van der Waals surface area contributed by atoms with Crippen LogP contribution in [-0.2, 0) is 20.7 Å². The van der Waals surface area contributed by atoms with Gasteiger partial charge in [0.05, 0.1) is 13.2 Å². The van der Waals surface area contributed by atoms with Crippen LogP contribution < -0.4 is 4.74 Å². The summed E-state index contributed by atoms with van der Waals surface area (Å²) in [6.45, 7) is 5.20. The van der Waals surface area contributed by atoms with Crippen molar-refractivity contribution in [1.29, 1.82) is 0 Å². The topological polar surface area (TPSA) is 44.8 Å². The quantitative estimate of drug-likeness (QED) is 0.365.